The lowest BCUT2D eigenvalue weighted by molar-refractivity contribution is -0.133. The van der Waals surface area contributed by atoms with E-state index >= 15 is 0 Å². The van der Waals surface area contributed by atoms with Crippen molar-refractivity contribution in [3.8, 4) is 0 Å². The van der Waals surface area contributed by atoms with Crippen molar-refractivity contribution in [3.63, 3.8) is 0 Å². The number of rotatable bonds is 4. The molecular formula is C23H28FN3O. The molecule has 1 heterocycles. The van der Waals surface area contributed by atoms with Crippen molar-refractivity contribution >= 4 is 11.6 Å². The molecule has 2 aromatic carbocycles. The molecule has 1 aliphatic carbocycles. The van der Waals surface area contributed by atoms with Crippen molar-refractivity contribution in [1.29, 1.82) is 0 Å². The normalized spacial score (nSPS) is 19.6. The van der Waals surface area contributed by atoms with Crippen LogP contribution in [0.2, 0.25) is 0 Å². The van der Waals surface area contributed by atoms with Gasteiger partial charge < -0.3 is 9.80 Å². The van der Waals surface area contributed by atoms with E-state index in [1.807, 2.05) is 15.9 Å². The van der Waals surface area contributed by atoms with E-state index in [9.17, 15) is 9.18 Å². The zero-order valence-electron chi connectivity index (χ0n) is 16.5. The summed E-state index contributed by atoms with van der Waals surface area (Å²) in [6.07, 6.45) is 3.40. The summed E-state index contributed by atoms with van der Waals surface area (Å²) in [5.41, 5.74) is 3.41. The zero-order valence-corrected chi connectivity index (χ0v) is 16.5. The van der Waals surface area contributed by atoms with Crippen molar-refractivity contribution < 1.29 is 9.18 Å². The maximum absolute atomic E-state index is 14.0. The maximum Gasteiger partial charge on any atom is 0.236 e. The molecule has 0 radical (unpaired) electrons. The molecule has 0 aromatic heterocycles. The van der Waals surface area contributed by atoms with Crippen molar-refractivity contribution in [2.45, 2.75) is 25.3 Å². The lowest BCUT2D eigenvalue weighted by atomic mass is 9.87. The smallest absolute Gasteiger partial charge is 0.236 e. The number of hydrogen-bond donors (Lipinski definition) is 0. The topological polar surface area (TPSA) is 26.8 Å². The Balaban J connectivity index is 1.34. The van der Waals surface area contributed by atoms with Gasteiger partial charge in [-0.1, -0.05) is 36.4 Å². The maximum atomic E-state index is 14.0. The molecule has 1 amide bonds. The van der Waals surface area contributed by atoms with Gasteiger partial charge in [0.05, 0.1) is 12.2 Å². The van der Waals surface area contributed by atoms with Crippen LogP contribution in [0, 0.1) is 5.82 Å². The molecule has 0 saturated carbocycles. The van der Waals surface area contributed by atoms with Crippen LogP contribution in [0.4, 0.5) is 10.1 Å². The summed E-state index contributed by atoms with van der Waals surface area (Å²) in [4.78, 5) is 19.0. The minimum atomic E-state index is -0.196. The molecule has 1 atom stereocenters. The Kier molecular flexibility index (Phi) is 5.62. The largest absolute Gasteiger partial charge is 0.366 e. The van der Waals surface area contributed by atoms with Crippen LogP contribution in [0.25, 0.3) is 0 Å². The molecule has 4 rings (SSSR count). The Morgan fingerprint density at radius 2 is 1.79 bits per heavy atom. The van der Waals surface area contributed by atoms with Crippen LogP contribution in [0.1, 0.15) is 30.0 Å². The van der Waals surface area contributed by atoms with Gasteiger partial charge in [0.1, 0.15) is 5.82 Å². The quantitative estimate of drug-likeness (QED) is 0.811. The highest BCUT2D eigenvalue weighted by molar-refractivity contribution is 5.78. The minimum Gasteiger partial charge on any atom is -0.366 e. The lowest BCUT2D eigenvalue weighted by Gasteiger charge is -2.38. The van der Waals surface area contributed by atoms with Gasteiger partial charge in [-0.2, -0.15) is 0 Å². The Morgan fingerprint density at radius 1 is 1.07 bits per heavy atom. The summed E-state index contributed by atoms with van der Waals surface area (Å²) < 4.78 is 14.0. The van der Waals surface area contributed by atoms with Gasteiger partial charge in [0.15, 0.2) is 0 Å². The molecular weight excluding hydrogens is 353 g/mol. The summed E-state index contributed by atoms with van der Waals surface area (Å²) in [6.45, 7) is 3.05. The van der Waals surface area contributed by atoms with E-state index in [0.717, 1.165) is 12.8 Å². The number of piperazine rings is 1. The first-order chi connectivity index (χ1) is 13.6. The van der Waals surface area contributed by atoms with Gasteiger partial charge in [-0.3, -0.25) is 9.69 Å². The number of aryl methyl sites for hydroxylation is 1. The molecule has 0 bridgehead atoms. The first-order valence-electron chi connectivity index (χ1n) is 10.2. The fourth-order valence-electron chi connectivity index (χ4n) is 4.51. The predicted octanol–water partition coefficient (Wildman–Crippen LogP) is 3.48. The van der Waals surface area contributed by atoms with Crippen LogP contribution in [0.5, 0.6) is 0 Å². The van der Waals surface area contributed by atoms with E-state index in [2.05, 4.69) is 36.2 Å². The molecule has 0 spiro atoms. The van der Waals surface area contributed by atoms with E-state index in [-0.39, 0.29) is 11.7 Å². The highest BCUT2D eigenvalue weighted by Gasteiger charge is 2.28. The van der Waals surface area contributed by atoms with E-state index in [1.165, 1.54) is 23.6 Å². The number of para-hydroxylation sites is 1. The van der Waals surface area contributed by atoms with Crippen molar-refractivity contribution in [1.82, 2.24) is 9.80 Å². The Bertz CT molecular complexity index is 832. The van der Waals surface area contributed by atoms with E-state index in [0.29, 0.717) is 44.5 Å². The molecule has 1 fully saturated rings. The fourth-order valence-corrected chi connectivity index (χ4v) is 4.51. The summed E-state index contributed by atoms with van der Waals surface area (Å²) in [5, 5.41) is 0. The predicted molar refractivity (Wildman–Crippen MR) is 110 cm³/mol. The van der Waals surface area contributed by atoms with E-state index in [4.69, 9.17) is 0 Å². The Hall–Kier alpha value is -2.40. The summed E-state index contributed by atoms with van der Waals surface area (Å²) in [6, 6.07) is 15.8. The third-order valence-corrected chi connectivity index (χ3v) is 6.08. The minimum absolute atomic E-state index is 0.165. The number of hydrogen-bond acceptors (Lipinski definition) is 3. The average Bonchev–Trinajstić information content (AvgIpc) is 2.73. The molecule has 2 aliphatic rings. The van der Waals surface area contributed by atoms with Gasteiger partial charge >= 0.3 is 0 Å². The zero-order chi connectivity index (χ0) is 19.5. The van der Waals surface area contributed by atoms with Crippen LogP contribution in [0.15, 0.2) is 48.5 Å². The summed E-state index contributed by atoms with van der Waals surface area (Å²) in [5.74, 6) is -0.0308. The van der Waals surface area contributed by atoms with E-state index in [1.54, 1.807) is 12.1 Å². The molecule has 1 unspecified atom stereocenters. The molecule has 0 N–H and O–H groups in total. The highest BCUT2D eigenvalue weighted by atomic mass is 19.1. The highest BCUT2D eigenvalue weighted by Crippen LogP contribution is 2.33. The number of likely N-dealkylation sites (N-methyl/N-ethyl adjacent to an activating group) is 1. The number of halogens is 1. The molecule has 28 heavy (non-hydrogen) atoms. The van der Waals surface area contributed by atoms with Gasteiger partial charge in [-0.15, -0.1) is 0 Å². The second-order valence-electron chi connectivity index (χ2n) is 7.84. The third-order valence-electron chi connectivity index (χ3n) is 6.08. The van der Waals surface area contributed by atoms with Gasteiger partial charge in [0, 0.05) is 32.2 Å². The molecule has 1 saturated heterocycles. The van der Waals surface area contributed by atoms with E-state index < -0.39 is 0 Å². The monoisotopic (exact) mass is 381 g/mol. The lowest BCUT2D eigenvalue weighted by Crippen LogP contribution is -2.51. The average molecular weight is 381 g/mol. The van der Waals surface area contributed by atoms with Crippen molar-refractivity contribution in [2.24, 2.45) is 0 Å². The number of benzene rings is 2. The SMILES string of the molecule is CN(CC(=O)N1CCN(c2ccccc2F)CC1)C1CCCc2ccccc21. The third kappa shape index (κ3) is 3.90. The Labute approximate surface area is 166 Å². The molecule has 4 nitrogen and oxygen atoms in total. The van der Waals surface area contributed by atoms with Crippen molar-refractivity contribution in [2.75, 3.05) is 44.7 Å². The van der Waals surface area contributed by atoms with Crippen molar-refractivity contribution in [3.05, 3.63) is 65.5 Å². The Morgan fingerprint density at radius 3 is 2.57 bits per heavy atom. The number of anilines is 1. The van der Waals surface area contributed by atoms with Crippen LogP contribution < -0.4 is 4.90 Å². The second kappa shape index (κ2) is 8.31. The summed E-state index contributed by atoms with van der Waals surface area (Å²) >= 11 is 0. The number of nitrogens with zero attached hydrogens (tertiary/aromatic N) is 3. The summed E-state index contributed by atoms with van der Waals surface area (Å²) in [7, 11) is 2.06. The first-order valence-corrected chi connectivity index (χ1v) is 10.2. The van der Waals surface area contributed by atoms with Crippen LogP contribution in [-0.2, 0) is 11.2 Å². The number of fused-ring (bicyclic) bond motifs is 1. The molecule has 2 aromatic rings. The van der Waals surface area contributed by atoms with Gasteiger partial charge in [0.25, 0.3) is 0 Å². The first kappa shape index (κ1) is 18.9. The molecule has 5 heteroatoms. The number of carbonyl (C=O) groups is 1. The number of carbonyl (C=O) groups excluding carboxylic acids is 1. The van der Waals surface area contributed by atoms with Crippen LogP contribution >= 0.6 is 0 Å². The standard InChI is InChI=1S/C23H28FN3O/c1-25(21-12-6-8-18-7-2-3-9-19(18)21)17-23(28)27-15-13-26(14-16-27)22-11-5-4-10-20(22)24/h2-5,7,9-11,21H,6,8,12-17H2,1H3. The van der Waals surface area contributed by atoms with Gasteiger partial charge in [0.2, 0.25) is 5.91 Å². The fraction of sp³-hybridized carbons (Fsp3) is 0.435. The van der Waals surface area contributed by atoms with Crippen LogP contribution in [-0.4, -0.2) is 55.5 Å². The second-order valence-corrected chi connectivity index (χ2v) is 7.84. The molecule has 1 aliphatic heterocycles. The van der Waals surface area contributed by atoms with Gasteiger partial charge in [-0.25, -0.2) is 4.39 Å². The van der Waals surface area contributed by atoms with Crippen LogP contribution in [0.3, 0.4) is 0 Å². The number of amides is 1. The van der Waals surface area contributed by atoms with Gasteiger partial charge in [-0.05, 0) is 49.6 Å². The molecule has 148 valence electrons.